The van der Waals surface area contributed by atoms with E-state index < -0.39 is 0 Å². The van der Waals surface area contributed by atoms with Gasteiger partial charge in [0.15, 0.2) is 0 Å². The van der Waals surface area contributed by atoms with Gasteiger partial charge in [-0.1, -0.05) is 18.2 Å². The van der Waals surface area contributed by atoms with Crippen molar-refractivity contribution in [2.75, 3.05) is 45.8 Å². The van der Waals surface area contributed by atoms with Crippen LogP contribution in [0.1, 0.15) is 5.56 Å². The number of benzene rings is 1. The summed E-state index contributed by atoms with van der Waals surface area (Å²) >= 11 is 1.88. The van der Waals surface area contributed by atoms with Crippen molar-refractivity contribution in [2.24, 2.45) is 0 Å². The zero-order valence-electron chi connectivity index (χ0n) is 11.6. The first-order valence-corrected chi connectivity index (χ1v) is 7.70. The van der Waals surface area contributed by atoms with Crippen molar-refractivity contribution in [3.8, 4) is 5.75 Å². The van der Waals surface area contributed by atoms with E-state index in [1.807, 2.05) is 37.0 Å². The fourth-order valence-electron chi connectivity index (χ4n) is 1.65. The average molecular weight is 268 g/mol. The van der Waals surface area contributed by atoms with E-state index in [1.165, 1.54) is 11.3 Å². The highest BCUT2D eigenvalue weighted by molar-refractivity contribution is 7.98. The van der Waals surface area contributed by atoms with Crippen LogP contribution in [0.25, 0.3) is 0 Å². The molecule has 0 bridgehead atoms. The number of para-hydroxylation sites is 1. The molecule has 0 atom stereocenters. The molecule has 0 aliphatic heterocycles. The summed E-state index contributed by atoms with van der Waals surface area (Å²) in [6.07, 6.45) is 2.14. The van der Waals surface area contributed by atoms with Gasteiger partial charge in [0, 0.05) is 31.0 Å². The first kappa shape index (κ1) is 15.3. The molecule has 18 heavy (non-hydrogen) atoms. The zero-order valence-corrected chi connectivity index (χ0v) is 12.4. The van der Waals surface area contributed by atoms with Crippen LogP contribution in [0, 0.1) is 0 Å². The highest BCUT2D eigenvalue weighted by Crippen LogP contribution is 2.17. The van der Waals surface area contributed by atoms with Crippen molar-refractivity contribution >= 4 is 11.8 Å². The molecule has 0 amide bonds. The van der Waals surface area contributed by atoms with E-state index in [-0.39, 0.29) is 0 Å². The van der Waals surface area contributed by atoms with Crippen molar-refractivity contribution in [3.63, 3.8) is 0 Å². The number of rotatable bonds is 9. The minimum atomic E-state index is 0.742. The van der Waals surface area contributed by atoms with Gasteiger partial charge in [-0.25, -0.2) is 0 Å². The van der Waals surface area contributed by atoms with Gasteiger partial charge in [-0.2, -0.15) is 11.8 Å². The third-order valence-corrected chi connectivity index (χ3v) is 3.34. The number of likely N-dealkylation sites (N-methyl/N-ethyl adjacent to an activating group) is 1. The van der Waals surface area contributed by atoms with Crippen molar-refractivity contribution in [1.82, 2.24) is 10.2 Å². The minimum Gasteiger partial charge on any atom is -0.492 e. The topological polar surface area (TPSA) is 24.5 Å². The standard InChI is InChI=1S/C14H24N2OS/c1-15-12-13-6-4-5-7-14(13)17-10-8-16(2)9-11-18-3/h4-7,15H,8-12H2,1-3H3. The number of hydrogen-bond donors (Lipinski definition) is 1. The molecule has 0 fully saturated rings. The maximum Gasteiger partial charge on any atom is 0.123 e. The Balaban J connectivity index is 2.34. The lowest BCUT2D eigenvalue weighted by Crippen LogP contribution is -2.26. The van der Waals surface area contributed by atoms with Gasteiger partial charge >= 0.3 is 0 Å². The van der Waals surface area contributed by atoms with Gasteiger partial charge in [-0.05, 0) is 26.4 Å². The Bertz CT molecular complexity index is 333. The summed E-state index contributed by atoms with van der Waals surface area (Å²) in [5.41, 5.74) is 1.21. The molecular formula is C14H24N2OS. The van der Waals surface area contributed by atoms with Gasteiger partial charge in [0.25, 0.3) is 0 Å². The van der Waals surface area contributed by atoms with E-state index >= 15 is 0 Å². The van der Waals surface area contributed by atoms with Crippen LogP contribution in [0.5, 0.6) is 5.75 Å². The fourth-order valence-corrected chi connectivity index (χ4v) is 2.15. The van der Waals surface area contributed by atoms with Crippen LogP contribution in [-0.2, 0) is 6.54 Å². The van der Waals surface area contributed by atoms with E-state index in [0.29, 0.717) is 0 Å². The molecule has 1 rings (SSSR count). The van der Waals surface area contributed by atoms with Gasteiger partial charge < -0.3 is 15.0 Å². The van der Waals surface area contributed by atoms with Gasteiger partial charge in [0.05, 0.1) is 0 Å². The molecule has 0 saturated carbocycles. The second-order valence-corrected chi connectivity index (χ2v) is 5.27. The summed E-state index contributed by atoms with van der Waals surface area (Å²) in [6.45, 7) is 3.67. The maximum absolute atomic E-state index is 5.85. The lowest BCUT2D eigenvalue weighted by molar-refractivity contribution is 0.243. The molecule has 0 spiro atoms. The number of hydrogen-bond acceptors (Lipinski definition) is 4. The molecule has 0 saturated heterocycles. The maximum atomic E-state index is 5.85. The summed E-state index contributed by atoms with van der Waals surface area (Å²) in [4.78, 5) is 2.30. The summed E-state index contributed by atoms with van der Waals surface area (Å²) in [7, 11) is 4.09. The Kier molecular flexibility index (Phi) is 7.89. The van der Waals surface area contributed by atoms with Crippen molar-refractivity contribution in [3.05, 3.63) is 29.8 Å². The van der Waals surface area contributed by atoms with Gasteiger partial charge in [0.2, 0.25) is 0 Å². The molecule has 0 aliphatic carbocycles. The van der Waals surface area contributed by atoms with Crippen LogP contribution in [0.3, 0.4) is 0 Å². The van der Waals surface area contributed by atoms with Gasteiger partial charge in [-0.15, -0.1) is 0 Å². The molecule has 0 aliphatic rings. The van der Waals surface area contributed by atoms with Gasteiger partial charge in [0.1, 0.15) is 12.4 Å². The van der Waals surface area contributed by atoms with E-state index in [1.54, 1.807) is 0 Å². The summed E-state index contributed by atoms with van der Waals surface area (Å²) in [5.74, 6) is 2.16. The Labute approximate surface area is 115 Å². The molecule has 1 N–H and O–H groups in total. The first-order chi connectivity index (χ1) is 8.77. The second-order valence-electron chi connectivity index (χ2n) is 4.28. The molecule has 3 nitrogen and oxygen atoms in total. The number of ether oxygens (including phenoxy) is 1. The van der Waals surface area contributed by atoms with E-state index in [0.717, 1.165) is 32.0 Å². The van der Waals surface area contributed by atoms with Crippen LogP contribution < -0.4 is 10.1 Å². The molecule has 0 radical (unpaired) electrons. The Morgan fingerprint density at radius 1 is 1.28 bits per heavy atom. The van der Waals surface area contributed by atoms with Gasteiger partial charge in [-0.3, -0.25) is 0 Å². The molecule has 0 aromatic heterocycles. The lowest BCUT2D eigenvalue weighted by atomic mass is 10.2. The van der Waals surface area contributed by atoms with Crippen LogP contribution >= 0.6 is 11.8 Å². The SMILES string of the molecule is CNCc1ccccc1OCCN(C)CCSC. The van der Waals surface area contributed by atoms with Crippen LogP contribution in [0.15, 0.2) is 24.3 Å². The monoisotopic (exact) mass is 268 g/mol. The molecule has 1 aromatic carbocycles. The molecular weight excluding hydrogens is 244 g/mol. The van der Waals surface area contributed by atoms with Crippen LogP contribution in [0.2, 0.25) is 0 Å². The van der Waals surface area contributed by atoms with Crippen molar-refractivity contribution in [1.29, 1.82) is 0 Å². The number of nitrogens with one attached hydrogen (secondary N) is 1. The lowest BCUT2D eigenvalue weighted by Gasteiger charge is -2.17. The van der Waals surface area contributed by atoms with Crippen LogP contribution in [-0.4, -0.2) is 50.7 Å². The second kappa shape index (κ2) is 9.25. The Morgan fingerprint density at radius 3 is 2.78 bits per heavy atom. The predicted molar refractivity (Wildman–Crippen MR) is 80.6 cm³/mol. The third kappa shape index (κ3) is 5.76. The highest BCUT2D eigenvalue weighted by atomic mass is 32.2. The molecule has 102 valence electrons. The number of nitrogens with zero attached hydrogens (tertiary/aromatic N) is 1. The Hall–Kier alpha value is -0.710. The Morgan fingerprint density at radius 2 is 2.06 bits per heavy atom. The fraction of sp³-hybridized carbons (Fsp3) is 0.571. The summed E-state index contributed by atoms with van der Waals surface area (Å²) in [6, 6.07) is 8.20. The van der Waals surface area contributed by atoms with Crippen LogP contribution in [0.4, 0.5) is 0 Å². The molecule has 1 aromatic rings. The largest absolute Gasteiger partial charge is 0.492 e. The molecule has 4 heteroatoms. The quantitative estimate of drug-likeness (QED) is 0.741. The predicted octanol–water partition coefficient (Wildman–Crippen LogP) is 2.08. The van der Waals surface area contributed by atoms with E-state index in [2.05, 4.69) is 29.6 Å². The summed E-state index contributed by atoms with van der Waals surface area (Å²) in [5, 5.41) is 3.16. The van der Waals surface area contributed by atoms with E-state index in [9.17, 15) is 0 Å². The zero-order chi connectivity index (χ0) is 13.2. The molecule has 0 unspecified atom stereocenters. The minimum absolute atomic E-state index is 0.742. The number of thioether (sulfide) groups is 1. The highest BCUT2D eigenvalue weighted by Gasteiger charge is 2.03. The smallest absolute Gasteiger partial charge is 0.123 e. The van der Waals surface area contributed by atoms with E-state index in [4.69, 9.17) is 4.74 Å². The summed E-state index contributed by atoms with van der Waals surface area (Å²) < 4.78 is 5.85. The third-order valence-electron chi connectivity index (χ3n) is 2.75. The first-order valence-electron chi connectivity index (χ1n) is 6.30. The van der Waals surface area contributed by atoms with Crippen molar-refractivity contribution < 1.29 is 4.74 Å². The molecule has 0 heterocycles. The normalized spacial score (nSPS) is 10.9. The van der Waals surface area contributed by atoms with Crippen molar-refractivity contribution in [2.45, 2.75) is 6.54 Å². The average Bonchev–Trinajstić information content (AvgIpc) is 2.38.